The molecule has 8 heteroatoms. The van der Waals surface area contributed by atoms with Crippen molar-refractivity contribution in [1.29, 1.82) is 0 Å². The van der Waals surface area contributed by atoms with Gasteiger partial charge in [0.2, 0.25) is 5.91 Å². The van der Waals surface area contributed by atoms with Crippen LogP contribution in [0.5, 0.6) is 0 Å². The predicted molar refractivity (Wildman–Crippen MR) is 98.2 cm³/mol. The van der Waals surface area contributed by atoms with Crippen molar-refractivity contribution in [3.63, 3.8) is 0 Å². The number of allylic oxidation sites excluding steroid dienone is 6. The molecule has 0 aromatic heterocycles. The Bertz CT molecular complexity index is 594. The van der Waals surface area contributed by atoms with Gasteiger partial charge in [-0.2, -0.15) is 0 Å². The Kier molecular flexibility index (Phi) is 11.1. The minimum Gasteiger partial charge on any atom is -0.445 e. The summed E-state index contributed by atoms with van der Waals surface area (Å²) in [6.45, 7) is 12.0. The summed E-state index contributed by atoms with van der Waals surface area (Å²) in [5.74, 6) is -0.562. The van der Waals surface area contributed by atoms with Crippen LogP contribution in [0.15, 0.2) is 73.4 Å². The molecule has 1 unspecified atom stereocenters. The second kappa shape index (κ2) is 12.6. The first kappa shape index (κ1) is 22.2. The number of carbonyl (C=O) groups is 2. The molecule has 134 valence electrons. The maximum absolute atomic E-state index is 11.9. The number of hydrogen-bond acceptors (Lipinski definition) is 5. The predicted octanol–water partition coefficient (Wildman–Crippen LogP) is 1.15. The van der Waals surface area contributed by atoms with Crippen molar-refractivity contribution in [1.82, 2.24) is 10.6 Å². The Hall–Kier alpha value is -2.84. The van der Waals surface area contributed by atoms with Crippen LogP contribution in [0.2, 0.25) is 0 Å². The molecule has 2 amide bonds. The van der Waals surface area contributed by atoms with Gasteiger partial charge in [-0.05, 0) is 18.0 Å². The first-order valence-corrected chi connectivity index (χ1v) is 7.38. The standard InChI is InChI=1S/C17H23BN2O5/c1-5-8-10-15(18(23)24)11-19-16(21)13(4)20-17(22)25-12-14(7-3)9-6-2/h5-11,13,23-24H,1-3,12H2,4H3,(H,19,21)(H,20,22)/b10-8-,14-9+,15-11-. The number of rotatable bonds is 10. The van der Waals surface area contributed by atoms with E-state index in [0.29, 0.717) is 5.57 Å². The molecule has 0 saturated carbocycles. The maximum atomic E-state index is 11.9. The zero-order valence-corrected chi connectivity index (χ0v) is 14.1. The number of amides is 2. The average molecular weight is 346 g/mol. The molecule has 0 fully saturated rings. The summed E-state index contributed by atoms with van der Waals surface area (Å²) in [6, 6.07) is -0.903. The summed E-state index contributed by atoms with van der Waals surface area (Å²) >= 11 is 0. The second-order valence-corrected chi connectivity index (χ2v) is 4.74. The fraction of sp³-hybridized carbons (Fsp3) is 0.176. The van der Waals surface area contributed by atoms with E-state index >= 15 is 0 Å². The molecule has 25 heavy (non-hydrogen) atoms. The van der Waals surface area contributed by atoms with E-state index in [1.54, 1.807) is 6.08 Å². The molecule has 0 saturated heterocycles. The van der Waals surface area contributed by atoms with Gasteiger partial charge in [-0.25, -0.2) is 4.79 Å². The van der Waals surface area contributed by atoms with Crippen molar-refractivity contribution in [2.24, 2.45) is 0 Å². The lowest BCUT2D eigenvalue weighted by Crippen LogP contribution is -2.43. The van der Waals surface area contributed by atoms with Gasteiger partial charge in [0.05, 0.1) is 0 Å². The van der Waals surface area contributed by atoms with E-state index in [0.717, 1.165) is 6.20 Å². The van der Waals surface area contributed by atoms with Crippen molar-refractivity contribution in [2.75, 3.05) is 6.61 Å². The van der Waals surface area contributed by atoms with Crippen LogP contribution in [-0.2, 0) is 9.53 Å². The number of alkyl carbamates (subject to hydrolysis) is 1. The Balaban J connectivity index is 4.59. The van der Waals surface area contributed by atoms with Gasteiger partial charge in [0.25, 0.3) is 0 Å². The van der Waals surface area contributed by atoms with Crippen molar-refractivity contribution in [2.45, 2.75) is 13.0 Å². The highest BCUT2D eigenvalue weighted by atomic mass is 16.5. The van der Waals surface area contributed by atoms with E-state index in [9.17, 15) is 9.59 Å². The lowest BCUT2D eigenvalue weighted by Gasteiger charge is -2.13. The number of ether oxygens (including phenoxy) is 1. The molecule has 0 aromatic rings. The van der Waals surface area contributed by atoms with E-state index in [2.05, 4.69) is 30.4 Å². The van der Waals surface area contributed by atoms with Gasteiger partial charge in [-0.1, -0.05) is 56.2 Å². The van der Waals surface area contributed by atoms with Crippen molar-refractivity contribution < 1.29 is 24.4 Å². The van der Waals surface area contributed by atoms with Gasteiger partial charge in [-0.15, -0.1) is 0 Å². The van der Waals surface area contributed by atoms with Gasteiger partial charge in [-0.3, -0.25) is 4.79 Å². The van der Waals surface area contributed by atoms with E-state index in [1.165, 1.54) is 37.3 Å². The number of nitrogens with one attached hydrogen (secondary N) is 2. The molecule has 0 aliphatic carbocycles. The largest absolute Gasteiger partial charge is 0.489 e. The Labute approximate surface area is 147 Å². The topological polar surface area (TPSA) is 108 Å². The molecular weight excluding hydrogens is 323 g/mol. The van der Waals surface area contributed by atoms with Gasteiger partial charge in [0, 0.05) is 6.20 Å². The molecule has 0 rings (SSSR count). The zero-order chi connectivity index (χ0) is 19.2. The van der Waals surface area contributed by atoms with E-state index in [1.807, 2.05) is 0 Å². The molecule has 0 aliphatic rings. The minimum atomic E-state index is -1.77. The quantitative estimate of drug-likeness (QED) is 0.351. The smallest absolute Gasteiger partial charge is 0.445 e. The van der Waals surface area contributed by atoms with Crippen LogP contribution in [0.1, 0.15) is 6.92 Å². The highest BCUT2D eigenvalue weighted by Crippen LogP contribution is 1.99. The highest BCUT2D eigenvalue weighted by Gasteiger charge is 2.17. The van der Waals surface area contributed by atoms with Gasteiger partial charge >= 0.3 is 13.2 Å². The highest BCUT2D eigenvalue weighted by molar-refractivity contribution is 6.51. The Morgan fingerprint density at radius 2 is 1.92 bits per heavy atom. The van der Waals surface area contributed by atoms with Gasteiger partial charge in [0.1, 0.15) is 12.6 Å². The summed E-state index contributed by atoms with van der Waals surface area (Å²) in [7, 11) is -1.77. The maximum Gasteiger partial charge on any atom is 0.489 e. The molecule has 4 N–H and O–H groups in total. The number of carbonyl (C=O) groups excluding carboxylic acids is 2. The fourth-order valence-electron chi connectivity index (χ4n) is 1.43. The van der Waals surface area contributed by atoms with Gasteiger partial charge in [0.15, 0.2) is 0 Å². The molecule has 7 nitrogen and oxygen atoms in total. The van der Waals surface area contributed by atoms with E-state index in [4.69, 9.17) is 14.8 Å². The van der Waals surface area contributed by atoms with E-state index < -0.39 is 25.2 Å². The summed E-state index contributed by atoms with van der Waals surface area (Å²) in [5, 5.41) is 23.0. The Morgan fingerprint density at radius 1 is 1.24 bits per heavy atom. The average Bonchev–Trinajstić information content (AvgIpc) is 2.57. The molecular formula is C17H23BN2O5. The van der Waals surface area contributed by atoms with Crippen molar-refractivity contribution in [3.8, 4) is 0 Å². The molecule has 0 heterocycles. The van der Waals surface area contributed by atoms with Crippen molar-refractivity contribution >= 4 is 19.1 Å². The molecule has 0 aliphatic heterocycles. The molecule has 0 spiro atoms. The second-order valence-electron chi connectivity index (χ2n) is 4.74. The van der Waals surface area contributed by atoms with Crippen LogP contribution in [0.25, 0.3) is 0 Å². The third kappa shape index (κ3) is 9.80. The van der Waals surface area contributed by atoms with Crippen LogP contribution in [0.4, 0.5) is 4.79 Å². The first-order valence-electron chi connectivity index (χ1n) is 7.38. The summed E-state index contributed by atoms with van der Waals surface area (Å²) < 4.78 is 4.95. The lowest BCUT2D eigenvalue weighted by molar-refractivity contribution is -0.121. The van der Waals surface area contributed by atoms with E-state index in [-0.39, 0.29) is 12.1 Å². The summed E-state index contributed by atoms with van der Waals surface area (Å²) in [5.41, 5.74) is 0.703. The normalized spacial score (nSPS) is 12.9. The SMILES string of the molecule is C=C/C=C\C(=C\NC(=O)C(C)NC(=O)OC/C(C=C)=C/C=C)B(O)O. The van der Waals surface area contributed by atoms with Crippen LogP contribution in [0, 0.1) is 0 Å². The van der Waals surface area contributed by atoms with Crippen LogP contribution < -0.4 is 10.6 Å². The molecule has 0 aromatic carbocycles. The van der Waals surface area contributed by atoms with Crippen LogP contribution in [-0.4, -0.2) is 41.8 Å². The lowest BCUT2D eigenvalue weighted by atomic mass is 9.80. The number of hydrogen-bond donors (Lipinski definition) is 4. The third-order valence-electron chi connectivity index (χ3n) is 2.80. The zero-order valence-electron chi connectivity index (χ0n) is 14.1. The Morgan fingerprint density at radius 3 is 2.44 bits per heavy atom. The fourth-order valence-corrected chi connectivity index (χ4v) is 1.43. The van der Waals surface area contributed by atoms with Gasteiger partial charge < -0.3 is 25.4 Å². The molecule has 0 radical (unpaired) electrons. The minimum absolute atomic E-state index is 0.0111. The summed E-state index contributed by atoms with van der Waals surface area (Å²) in [4.78, 5) is 23.6. The molecule has 0 bridgehead atoms. The van der Waals surface area contributed by atoms with Crippen LogP contribution in [0.3, 0.4) is 0 Å². The molecule has 1 atom stereocenters. The van der Waals surface area contributed by atoms with Crippen molar-refractivity contribution in [3.05, 3.63) is 73.4 Å². The monoisotopic (exact) mass is 346 g/mol. The third-order valence-corrected chi connectivity index (χ3v) is 2.80. The van der Waals surface area contributed by atoms with Crippen LogP contribution >= 0.6 is 0 Å². The summed E-state index contributed by atoms with van der Waals surface area (Å²) in [6.07, 6.45) is 9.33. The first-order chi connectivity index (χ1) is 11.8.